The van der Waals surface area contributed by atoms with Gasteiger partial charge in [0.2, 0.25) is 0 Å². The molecule has 0 unspecified atom stereocenters. The van der Waals surface area contributed by atoms with E-state index < -0.39 is 0 Å². The first-order chi connectivity index (χ1) is 19.2. The third-order valence-electron chi connectivity index (χ3n) is 7.44. The predicted octanol–water partition coefficient (Wildman–Crippen LogP) is 6.67. The van der Waals surface area contributed by atoms with Gasteiger partial charge in [-0.1, -0.05) is 24.3 Å². The van der Waals surface area contributed by atoms with Gasteiger partial charge < -0.3 is 14.2 Å². The normalized spacial score (nSPS) is 14.0. The molecule has 0 aromatic heterocycles. The quantitative estimate of drug-likeness (QED) is 0.263. The molecule has 0 atom stereocenters. The van der Waals surface area contributed by atoms with Crippen molar-refractivity contribution in [3.63, 3.8) is 0 Å². The highest BCUT2D eigenvalue weighted by atomic mass is 16.5. The molecule has 0 amide bonds. The van der Waals surface area contributed by atoms with Crippen LogP contribution in [0.2, 0.25) is 0 Å². The second-order valence-corrected chi connectivity index (χ2v) is 9.95. The molecule has 0 saturated carbocycles. The second-order valence-electron chi connectivity index (χ2n) is 9.95. The topological polar surface area (TPSA) is 52.4 Å². The predicted molar refractivity (Wildman–Crippen MR) is 157 cm³/mol. The Bertz CT molecular complexity index is 1420. The van der Waals surface area contributed by atoms with Crippen LogP contribution in [-0.2, 0) is 25.7 Å². The molecular weight excluding hydrogens is 484 g/mol. The molecular formula is C34H32N2O3. The molecule has 2 aliphatic rings. The van der Waals surface area contributed by atoms with Gasteiger partial charge in [-0.3, -0.25) is 9.98 Å². The first-order valence-corrected chi connectivity index (χ1v) is 13.5. The van der Waals surface area contributed by atoms with Gasteiger partial charge in [0.05, 0.1) is 14.2 Å². The maximum absolute atomic E-state index is 6.14. The number of ether oxygens (including phenoxy) is 3. The summed E-state index contributed by atoms with van der Waals surface area (Å²) >= 11 is 0. The monoisotopic (exact) mass is 516 g/mol. The van der Waals surface area contributed by atoms with Crippen LogP contribution in [0.4, 0.5) is 0 Å². The lowest BCUT2D eigenvalue weighted by Crippen LogP contribution is -2.15. The Morgan fingerprint density at radius 2 is 0.949 bits per heavy atom. The van der Waals surface area contributed by atoms with Crippen LogP contribution in [0.25, 0.3) is 0 Å². The molecule has 0 N–H and O–H groups in total. The molecule has 0 saturated heterocycles. The van der Waals surface area contributed by atoms with E-state index in [9.17, 15) is 0 Å². The Morgan fingerprint density at radius 3 is 1.36 bits per heavy atom. The highest BCUT2D eigenvalue weighted by Gasteiger charge is 2.17. The molecule has 5 heteroatoms. The number of methoxy groups -OCH3 is 2. The van der Waals surface area contributed by atoms with Crippen LogP contribution in [0.5, 0.6) is 23.0 Å². The number of aliphatic imine (C=N–C) groups is 2. The molecule has 0 aliphatic carbocycles. The van der Waals surface area contributed by atoms with Crippen LogP contribution < -0.4 is 14.2 Å². The average molecular weight is 517 g/mol. The van der Waals surface area contributed by atoms with E-state index in [4.69, 9.17) is 24.2 Å². The Labute approximate surface area is 229 Å². The van der Waals surface area contributed by atoms with Gasteiger partial charge in [-0.05, 0) is 107 Å². The summed E-state index contributed by atoms with van der Waals surface area (Å²) in [6.45, 7) is 1.64. The SMILES string of the molecule is COc1ccc2c(c1)CCN=C2Cc1ccc(Oc2ccc(CC3=NCCc4cc(OC)ccc43)cc2)cc1. The van der Waals surface area contributed by atoms with Crippen molar-refractivity contribution in [2.75, 3.05) is 27.3 Å². The number of rotatable bonds is 8. The molecule has 4 aromatic rings. The van der Waals surface area contributed by atoms with Crippen LogP contribution in [0.3, 0.4) is 0 Å². The van der Waals surface area contributed by atoms with Gasteiger partial charge in [-0.15, -0.1) is 0 Å². The van der Waals surface area contributed by atoms with Crippen LogP contribution in [0.15, 0.2) is 94.9 Å². The minimum absolute atomic E-state index is 0.800. The van der Waals surface area contributed by atoms with Crippen molar-refractivity contribution < 1.29 is 14.2 Å². The lowest BCUT2D eigenvalue weighted by molar-refractivity contribution is 0.414. The van der Waals surface area contributed by atoms with Crippen molar-refractivity contribution >= 4 is 11.4 Å². The third kappa shape index (κ3) is 5.58. The molecule has 0 fully saturated rings. The van der Waals surface area contributed by atoms with Gasteiger partial charge in [0.15, 0.2) is 0 Å². The summed E-state index contributed by atoms with van der Waals surface area (Å²) in [6.07, 6.45) is 3.51. The lowest BCUT2D eigenvalue weighted by Gasteiger charge is -2.18. The lowest BCUT2D eigenvalue weighted by atomic mass is 9.93. The molecule has 196 valence electrons. The first-order valence-electron chi connectivity index (χ1n) is 13.5. The standard InChI is InChI=1S/C34H32N2O3/c1-37-29-11-13-31-25(21-29)15-17-35-33(31)19-23-3-7-27(8-4-23)39-28-9-5-24(6-10-28)20-34-32-14-12-30(38-2)22-26(32)16-18-36-34/h3-14,21-22H,15-20H2,1-2H3. The van der Waals surface area contributed by atoms with Gasteiger partial charge in [-0.25, -0.2) is 0 Å². The summed E-state index contributed by atoms with van der Waals surface area (Å²) in [5.74, 6) is 3.45. The Morgan fingerprint density at radius 1 is 0.538 bits per heavy atom. The Hall–Kier alpha value is -4.38. The van der Waals surface area contributed by atoms with E-state index in [0.717, 1.165) is 73.2 Å². The summed E-state index contributed by atoms with van der Waals surface area (Å²) in [4.78, 5) is 9.63. The molecule has 6 rings (SSSR count). The minimum atomic E-state index is 0.800. The largest absolute Gasteiger partial charge is 0.497 e. The smallest absolute Gasteiger partial charge is 0.127 e. The van der Waals surface area contributed by atoms with E-state index in [1.807, 2.05) is 36.4 Å². The molecule has 0 spiro atoms. The number of benzene rings is 4. The highest BCUT2D eigenvalue weighted by molar-refractivity contribution is 6.04. The molecule has 0 radical (unpaired) electrons. The average Bonchev–Trinajstić information content (AvgIpc) is 2.99. The summed E-state index contributed by atoms with van der Waals surface area (Å²) in [5, 5.41) is 0. The van der Waals surface area contributed by atoms with Gasteiger partial charge in [0.25, 0.3) is 0 Å². The van der Waals surface area contributed by atoms with Crippen molar-refractivity contribution in [2.24, 2.45) is 9.98 Å². The molecule has 0 bridgehead atoms. The molecule has 2 heterocycles. The zero-order chi connectivity index (χ0) is 26.6. The van der Waals surface area contributed by atoms with Gasteiger partial charge in [0, 0.05) is 37.4 Å². The second kappa shape index (κ2) is 11.2. The van der Waals surface area contributed by atoms with Crippen LogP contribution in [0, 0.1) is 0 Å². The number of fused-ring (bicyclic) bond motifs is 2. The highest BCUT2D eigenvalue weighted by Crippen LogP contribution is 2.27. The fraction of sp³-hybridized carbons (Fsp3) is 0.235. The van der Waals surface area contributed by atoms with Crippen molar-refractivity contribution in [2.45, 2.75) is 25.7 Å². The van der Waals surface area contributed by atoms with E-state index in [0.29, 0.717) is 0 Å². The summed E-state index contributed by atoms with van der Waals surface area (Å²) in [7, 11) is 3.42. The van der Waals surface area contributed by atoms with E-state index in [2.05, 4.69) is 48.5 Å². The van der Waals surface area contributed by atoms with Gasteiger partial charge in [0.1, 0.15) is 23.0 Å². The zero-order valence-electron chi connectivity index (χ0n) is 22.4. The van der Waals surface area contributed by atoms with Gasteiger partial charge >= 0.3 is 0 Å². The maximum Gasteiger partial charge on any atom is 0.127 e. The van der Waals surface area contributed by atoms with Crippen LogP contribution >= 0.6 is 0 Å². The first kappa shape index (κ1) is 24.9. The number of hydrogen-bond donors (Lipinski definition) is 0. The molecule has 39 heavy (non-hydrogen) atoms. The third-order valence-corrected chi connectivity index (χ3v) is 7.44. The van der Waals surface area contributed by atoms with E-state index in [-0.39, 0.29) is 0 Å². The van der Waals surface area contributed by atoms with Crippen molar-refractivity contribution in [3.8, 4) is 23.0 Å². The number of hydrogen-bond acceptors (Lipinski definition) is 5. The summed E-state index contributed by atoms with van der Waals surface area (Å²) < 4.78 is 16.9. The Kier molecular flexibility index (Phi) is 7.13. The van der Waals surface area contributed by atoms with Crippen LogP contribution in [0.1, 0.15) is 33.4 Å². The van der Waals surface area contributed by atoms with Crippen LogP contribution in [-0.4, -0.2) is 38.7 Å². The van der Waals surface area contributed by atoms with E-state index in [1.165, 1.54) is 33.4 Å². The molecule has 5 nitrogen and oxygen atoms in total. The van der Waals surface area contributed by atoms with Crippen molar-refractivity contribution in [1.82, 2.24) is 0 Å². The zero-order valence-corrected chi connectivity index (χ0v) is 22.4. The fourth-order valence-electron chi connectivity index (χ4n) is 5.34. The summed E-state index contributed by atoms with van der Waals surface area (Å²) in [6, 6.07) is 29.2. The number of nitrogens with zero attached hydrogens (tertiary/aromatic N) is 2. The minimum Gasteiger partial charge on any atom is -0.497 e. The van der Waals surface area contributed by atoms with E-state index in [1.54, 1.807) is 14.2 Å². The Balaban J connectivity index is 1.08. The van der Waals surface area contributed by atoms with Crippen molar-refractivity contribution in [3.05, 3.63) is 118 Å². The molecule has 2 aliphatic heterocycles. The van der Waals surface area contributed by atoms with Crippen molar-refractivity contribution in [1.29, 1.82) is 0 Å². The fourth-order valence-corrected chi connectivity index (χ4v) is 5.34. The van der Waals surface area contributed by atoms with E-state index >= 15 is 0 Å². The maximum atomic E-state index is 6.14. The summed E-state index contributed by atoms with van der Waals surface area (Å²) in [5.41, 5.74) is 9.76. The molecule has 4 aromatic carbocycles. The van der Waals surface area contributed by atoms with Gasteiger partial charge in [-0.2, -0.15) is 0 Å².